The maximum Gasteiger partial charge on any atom is 0.416 e. The maximum absolute atomic E-state index is 13.4. The average Bonchev–Trinajstić information content (AvgIpc) is 2.95. The summed E-state index contributed by atoms with van der Waals surface area (Å²) in [4.78, 5) is 28.0. The molecule has 0 spiro atoms. The third-order valence-electron chi connectivity index (χ3n) is 5.90. The fraction of sp³-hybridized carbons (Fsp3) is 0.857. The Balaban J connectivity index is 3.27. The predicted octanol–water partition coefficient (Wildman–Crippen LogP) is 8.31. The van der Waals surface area contributed by atoms with E-state index in [1.165, 1.54) is 37.7 Å². The zero-order valence-corrected chi connectivity index (χ0v) is 23.5. The Morgan fingerprint density at radius 3 is 1.88 bits per heavy atom. The Bertz CT molecular complexity index is 673. The number of nitrogens with zero attached hydrogens (tertiary/aromatic N) is 1. The van der Waals surface area contributed by atoms with Crippen LogP contribution in [0.2, 0.25) is 0 Å². The van der Waals surface area contributed by atoms with Crippen molar-refractivity contribution in [2.24, 2.45) is 5.92 Å². The quantitative estimate of drug-likeness (QED) is 0.285. The van der Waals surface area contributed by atoms with Gasteiger partial charge in [-0.15, -0.1) is 0 Å². The summed E-state index contributed by atoms with van der Waals surface area (Å²) in [6.45, 7) is 17.7. The van der Waals surface area contributed by atoms with Gasteiger partial charge >= 0.3 is 12.2 Å². The molecule has 1 aliphatic rings. The lowest BCUT2D eigenvalue weighted by Crippen LogP contribution is -2.52. The van der Waals surface area contributed by atoms with Crippen molar-refractivity contribution >= 4 is 12.2 Å². The summed E-state index contributed by atoms with van der Waals surface area (Å²) in [7, 11) is 0. The first-order valence-corrected chi connectivity index (χ1v) is 13.6. The molecule has 0 fully saturated rings. The largest absolute Gasteiger partial charge is 0.444 e. The van der Waals surface area contributed by atoms with Gasteiger partial charge < -0.3 is 9.47 Å². The molecule has 1 rings (SSSR count). The minimum Gasteiger partial charge on any atom is -0.444 e. The topological polar surface area (TPSA) is 67.9 Å². The molecule has 6 nitrogen and oxygen atoms in total. The molecule has 0 bridgehead atoms. The van der Waals surface area contributed by atoms with E-state index in [1.54, 1.807) is 4.90 Å². The zero-order chi connectivity index (χ0) is 25.9. The van der Waals surface area contributed by atoms with Crippen molar-refractivity contribution < 1.29 is 19.1 Å². The van der Waals surface area contributed by atoms with Gasteiger partial charge in [-0.25, -0.2) is 9.59 Å². The number of alkyl carbamates (subject to hydrolysis) is 1. The molecule has 0 aromatic carbocycles. The SMILES string of the molecule is CCCCCCCCC1C(CCC)=C(CCC)N(C(=O)OC(C)(C)C)C1NC(=O)OC(C)(C)C. The first-order chi connectivity index (χ1) is 15.8. The molecule has 2 unspecified atom stereocenters. The number of carbonyl (C=O) groups excluding carboxylic acids is 2. The van der Waals surface area contributed by atoms with E-state index < -0.39 is 29.6 Å². The van der Waals surface area contributed by atoms with Crippen molar-refractivity contribution in [3.05, 3.63) is 11.3 Å². The van der Waals surface area contributed by atoms with Crippen molar-refractivity contribution in [3.63, 3.8) is 0 Å². The molecule has 198 valence electrons. The molecule has 2 atom stereocenters. The van der Waals surface area contributed by atoms with E-state index in [4.69, 9.17) is 9.47 Å². The second-order valence-electron chi connectivity index (χ2n) is 11.6. The van der Waals surface area contributed by atoms with E-state index >= 15 is 0 Å². The summed E-state index contributed by atoms with van der Waals surface area (Å²) in [6.07, 6.45) is 10.5. The van der Waals surface area contributed by atoms with E-state index in [1.807, 2.05) is 41.5 Å². The highest BCUT2D eigenvalue weighted by molar-refractivity contribution is 5.75. The summed E-state index contributed by atoms with van der Waals surface area (Å²) >= 11 is 0. The van der Waals surface area contributed by atoms with Gasteiger partial charge in [0.15, 0.2) is 0 Å². The molecule has 34 heavy (non-hydrogen) atoms. The number of ether oxygens (including phenoxy) is 2. The van der Waals surface area contributed by atoms with Gasteiger partial charge in [0, 0.05) is 11.6 Å². The van der Waals surface area contributed by atoms with Crippen molar-refractivity contribution in [2.45, 2.75) is 150 Å². The van der Waals surface area contributed by atoms with Gasteiger partial charge in [-0.3, -0.25) is 10.2 Å². The van der Waals surface area contributed by atoms with Crippen molar-refractivity contribution in [2.75, 3.05) is 0 Å². The molecule has 0 aromatic heterocycles. The minimum absolute atomic E-state index is 0.0766. The molecule has 0 aromatic rings. The highest BCUT2D eigenvalue weighted by Gasteiger charge is 2.45. The lowest BCUT2D eigenvalue weighted by atomic mass is 9.88. The number of nitrogens with one attached hydrogen (secondary N) is 1. The van der Waals surface area contributed by atoms with Crippen LogP contribution in [0.15, 0.2) is 11.3 Å². The highest BCUT2D eigenvalue weighted by atomic mass is 16.6. The normalized spacial score (nSPS) is 18.9. The molecule has 2 amide bonds. The second kappa shape index (κ2) is 14.0. The van der Waals surface area contributed by atoms with Gasteiger partial charge in [0.2, 0.25) is 0 Å². The molecule has 0 saturated carbocycles. The van der Waals surface area contributed by atoms with Crippen LogP contribution < -0.4 is 5.32 Å². The molecule has 1 heterocycles. The van der Waals surface area contributed by atoms with Crippen molar-refractivity contribution in [1.29, 1.82) is 0 Å². The smallest absolute Gasteiger partial charge is 0.416 e. The first kappa shape index (κ1) is 30.3. The molecular formula is C28H52N2O4. The van der Waals surface area contributed by atoms with E-state index in [2.05, 4.69) is 26.1 Å². The molecule has 0 radical (unpaired) electrons. The zero-order valence-electron chi connectivity index (χ0n) is 23.5. The lowest BCUT2D eigenvalue weighted by molar-refractivity contribution is 0.0148. The Labute approximate surface area is 209 Å². The van der Waals surface area contributed by atoms with Crippen LogP contribution in [0.3, 0.4) is 0 Å². The molecule has 0 aliphatic carbocycles. The summed E-state index contributed by atoms with van der Waals surface area (Å²) in [5.41, 5.74) is 1.09. The Morgan fingerprint density at radius 1 is 0.794 bits per heavy atom. The van der Waals surface area contributed by atoms with Crippen LogP contribution in [-0.4, -0.2) is 34.5 Å². The van der Waals surface area contributed by atoms with Crippen LogP contribution in [0.5, 0.6) is 0 Å². The van der Waals surface area contributed by atoms with E-state index in [-0.39, 0.29) is 5.92 Å². The standard InChI is InChI=1S/C28H52N2O4/c1-10-13-14-15-16-17-20-22-21(18-11-2)23(19-12-3)30(26(32)34-28(7,8)9)24(22)29-25(31)33-27(4,5)6/h22,24H,10-20H2,1-9H3,(H,29,31). The first-order valence-electron chi connectivity index (χ1n) is 13.6. The van der Waals surface area contributed by atoms with Crippen LogP contribution in [0.1, 0.15) is 133 Å². The predicted molar refractivity (Wildman–Crippen MR) is 140 cm³/mol. The summed E-state index contributed by atoms with van der Waals surface area (Å²) in [6, 6.07) is 0. The van der Waals surface area contributed by atoms with Crippen LogP contribution in [0.25, 0.3) is 0 Å². The number of allylic oxidation sites excluding steroid dienone is 1. The van der Waals surface area contributed by atoms with Crippen LogP contribution in [0, 0.1) is 5.92 Å². The average molecular weight is 481 g/mol. The van der Waals surface area contributed by atoms with Gasteiger partial charge in [0.25, 0.3) is 0 Å². The maximum atomic E-state index is 13.4. The van der Waals surface area contributed by atoms with E-state index in [9.17, 15) is 9.59 Å². The lowest BCUT2D eigenvalue weighted by Gasteiger charge is -2.33. The number of hydrogen-bond donors (Lipinski definition) is 1. The van der Waals surface area contributed by atoms with Crippen molar-refractivity contribution in [1.82, 2.24) is 10.2 Å². The number of carbonyl (C=O) groups is 2. The molecule has 0 saturated heterocycles. The van der Waals surface area contributed by atoms with Gasteiger partial charge in [0.05, 0.1) is 0 Å². The van der Waals surface area contributed by atoms with E-state index in [0.717, 1.165) is 44.2 Å². The Kier molecular flexibility index (Phi) is 12.5. The van der Waals surface area contributed by atoms with Crippen molar-refractivity contribution in [3.8, 4) is 0 Å². The van der Waals surface area contributed by atoms with Gasteiger partial charge in [0.1, 0.15) is 17.4 Å². The van der Waals surface area contributed by atoms with Crippen LogP contribution in [-0.2, 0) is 9.47 Å². The molecule has 6 heteroatoms. The van der Waals surface area contributed by atoms with Gasteiger partial charge in [-0.2, -0.15) is 0 Å². The second-order valence-corrected chi connectivity index (χ2v) is 11.6. The van der Waals surface area contributed by atoms with Crippen LogP contribution in [0.4, 0.5) is 9.59 Å². The van der Waals surface area contributed by atoms with Gasteiger partial charge in [-0.05, 0) is 66.4 Å². The van der Waals surface area contributed by atoms with E-state index in [0.29, 0.717) is 0 Å². The van der Waals surface area contributed by atoms with Gasteiger partial charge in [-0.1, -0.05) is 72.1 Å². The van der Waals surface area contributed by atoms with Crippen LogP contribution >= 0.6 is 0 Å². The third-order valence-corrected chi connectivity index (χ3v) is 5.90. The highest BCUT2D eigenvalue weighted by Crippen LogP contribution is 2.41. The number of unbranched alkanes of at least 4 members (excludes halogenated alkanes) is 5. The third kappa shape index (κ3) is 10.3. The Hall–Kier alpha value is -1.72. The summed E-state index contributed by atoms with van der Waals surface area (Å²) in [5, 5.41) is 3.06. The number of hydrogen-bond acceptors (Lipinski definition) is 4. The number of rotatable bonds is 12. The number of amides is 2. The Morgan fingerprint density at radius 2 is 1.35 bits per heavy atom. The minimum atomic E-state index is -0.618. The monoisotopic (exact) mass is 480 g/mol. The summed E-state index contributed by atoms with van der Waals surface area (Å²) in [5.74, 6) is 0.0766. The summed E-state index contributed by atoms with van der Waals surface area (Å²) < 4.78 is 11.4. The molecular weight excluding hydrogens is 428 g/mol. The molecule has 1 N–H and O–H groups in total. The molecule has 1 aliphatic heterocycles. The fourth-order valence-electron chi connectivity index (χ4n) is 4.63. The fourth-order valence-corrected chi connectivity index (χ4v) is 4.63.